The van der Waals surface area contributed by atoms with E-state index in [9.17, 15) is 32.7 Å². The summed E-state index contributed by atoms with van der Waals surface area (Å²) in [4.78, 5) is 50.7. The van der Waals surface area contributed by atoms with E-state index >= 15 is 0 Å². The Morgan fingerprint density at radius 1 is 0.943 bits per heavy atom. The molecule has 3 amide bonds. The van der Waals surface area contributed by atoms with Gasteiger partial charge in [-0.2, -0.15) is 0 Å². The van der Waals surface area contributed by atoms with Crippen LogP contribution in [0.1, 0.15) is 47.0 Å². The number of aromatic carboxylic acids is 1. The number of carboxylic acid groups (broad SMARTS) is 1. The summed E-state index contributed by atoms with van der Waals surface area (Å²) in [5, 5.41) is 17.1. The second-order valence-corrected chi connectivity index (χ2v) is 9.59. The maximum Gasteiger partial charge on any atom is 0.337 e. The average Bonchev–Trinajstić information content (AvgIpc) is 3.04. The number of hydrogen-bond donors (Lipinski definition) is 3. The number of amides is 3. The van der Waals surface area contributed by atoms with Crippen molar-refractivity contribution in [1.82, 2.24) is 4.90 Å². The quantitative estimate of drug-likeness (QED) is 0.426. The molecule has 0 radical (unpaired) electrons. The lowest BCUT2D eigenvalue weighted by Crippen LogP contribution is -2.29. The van der Waals surface area contributed by atoms with Gasteiger partial charge in [0, 0.05) is 10.6 Å². The number of nitrogens with one attached hydrogen (secondary N) is 1. The molecule has 0 aliphatic carbocycles. The Hall–Kier alpha value is -4.06. The topological polar surface area (TPSA) is 164 Å². The minimum atomic E-state index is -3.88. The largest absolute Gasteiger partial charge is 0.478 e. The summed E-state index contributed by atoms with van der Waals surface area (Å²) in [5.41, 5.74) is 0.449. The van der Waals surface area contributed by atoms with Crippen LogP contribution in [-0.2, 0) is 16.6 Å². The Bertz CT molecular complexity index is 1520. The van der Waals surface area contributed by atoms with Crippen LogP contribution in [0.15, 0.2) is 65.6 Å². The zero-order chi connectivity index (χ0) is 25.5. The van der Waals surface area contributed by atoms with Gasteiger partial charge in [-0.3, -0.25) is 19.3 Å². The number of primary sulfonamides is 1. The number of carbonyl (C=O) groups excluding carboxylic acids is 3. The van der Waals surface area contributed by atoms with Crippen LogP contribution in [0, 0.1) is 0 Å². The molecule has 3 aromatic rings. The predicted octanol–water partition coefficient (Wildman–Crippen LogP) is 2.73. The van der Waals surface area contributed by atoms with Crippen molar-refractivity contribution >= 4 is 51.0 Å². The number of halogens is 1. The van der Waals surface area contributed by atoms with Gasteiger partial charge in [0.15, 0.2) is 0 Å². The molecule has 0 bridgehead atoms. The molecule has 0 saturated carbocycles. The van der Waals surface area contributed by atoms with Crippen molar-refractivity contribution in [2.45, 2.75) is 11.4 Å². The molecule has 0 spiro atoms. The fourth-order valence-corrected chi connectivity index (χ4v) is 4.23. The molecule has 0 fully saturated rings. The Labute approximate surface area is 204 Å². The van der Waals surface area contributed by atoms with Gasteiger partial charge in [-0.1, -0.05) is 23.7 Å². The van der Waals surface area contributed by atoms with Crippen molar-refractivity contribution in [1.29, 1.82) is 0 Å². The molecule has 178 valence electrons. The van der Waals surface area contributed by atoms with Gasteiger partial charge in [-0.05, 0) is 54.1 Å². The first-order valence-corrected chi connectivity index (χ1v) is 11.8. The van der Waals surface area contributed by atoms with E-state index in [-0.39, 0.29) is 44.4 Å². The first kappa shape index (κ1) is 24.1. The van der Waals surface area contributed by atoms with Crippen LogP contribution < -0.4 is 10.5 Å². The van der Waals surface area contributed by atoms with Crippen molar-refractivity contribution in [3.63, 3.8) is 0 Å². The lowest BCUT2D eigenvalue weighted by molar-refractivity contribution is 0.0639. The third kappa shape index (κ3) is 4.78. The summed E-state index contributed by atoms with van der Waals surface area (Å²) in [6.07, 6.45) is 0. The van der Waals surface area contributed by atoms with Crippen LogP contribution in [0.4, 0.5) is 5.69 Å². The van der Waals surface area contributed by atoms with Gasteiger partial charge in [0.2, 0.25) is 10.0 Å². The van der Waals surface area contributed by atoms with Gasteiger partial charge in [-0.25, -0.2) is 18.4 Å². The third-order valence-electron chi connectivity index (χ3n) is 5.29. The third-order valence-corrected chi connectivity index (χ3v) is 6.45. The summed E-state index contributed by atoms with van der Waals surface area (Å²) in [7, 11) is -3.88. The fourth-order valence-electron chi connectivity index (χ4n) is 3.54. The molecule has 0 atom stereocenters. The van der Waals surface area contributed by atoms with E-state index in [0.717, 1.165) is 4.90 Å². The van der Waals surface area contributed by atoms with Gasteiger partial charge in [-0.15, -0.1) is 0 Å². The van der Waals surface area contributed by atoms with E-state index < -0.39 is 33.7 Å². The molecule has 35 heavy (non-hydrogen) atoms. The van der Waals surface area contributed by atoms with Crippen LogP contribution in [0.2, 0.25) is 5.02 Å². The van der Waals surface area contributed by atoms with Gasteiger partial charge >= 0.3 is 5.97 Å². The number of benzene rings is 3. The van der Waals surface area contributed by atoms with E-state index in [1.807, 2.05) is 0 Å². The molecule has 1 heterocycles. The number of rotatable bonds is 6. The maximum atomic E-state index is 12.9. The SMILES string of the molecule is NS(=O)(=O)c1ccc(CN2C(=O)c3ccc(C(=O)Nc4ccc(Cl)cc4C(=O)O)cc3C2=O)cc1. The summed E-state index contributed by atoms with van der Waals surface area (Å²) in [5.74, 6) is -3.17. The lowest BCUT2D eigenvalue weighted by atomic mass is 10.0. The molecular formula is C23H16ClN3O7S. The second-order valence-electron chi connectivity index (χ2n) is 7.59. The molecule has 10 nitrogen and oxygen atoms in total. The molecule has 0 unspecified atom stereocenters. The minimum absolute atomic E-state index is 0.0124. The summed E-state index contributed by atoms with van der Waals surface area (Å²) in [6.45, 7) is -0.120. The highest BCUT2D eigenvalue weighted by Crippen LogP contribution is 2.27. The number of hydrogen-bond acceptors (Lipinski definition) is 6. The van der Waals surface area contributed by atoms with E-state index in [1.165, 1.54) is 60.7 Å². The smallest absolute Gasteiger partial charge is 0.337 e. The highest BCUT2D eigenvalue weighted by atomic mass is 35.5. The van der Waals surface area contributed by atoms with Crippen molar-refractivity contribution < 1.29 is 32.7 Å². The van der Waals surface area contributed by atoms with Crippen molar-refractivity contribution in [2.24, 2.45) is 5.14 Å². The predicted molar refractivity (Wildman–Crippen MR) is 125 cm³/mol. The monoisotopic (exact) mass is 513 g/mol. The van der Waals surface area contributed by atoms with E-state index in [0.29, 0.717) is 5.56 Å². The first-order chi connectivity index (χ1) is 16.5. The Morgan fingerprint density at radius 3 is 2.23 bits per heavy atom. The second kappa shape index (κ2) is 8.95. The van der Waals surface area contributed by atoms with Crippen LogP contribution in [0.3, 0.4) is 0 Å². The van der Waals surface area contributed by atoms with Gasteiger partial charge in [0.05, 0.1) is 33.8 Å². The first-order valence-electron chi connectivity index (χ1n) is 9.92. The normalized spacial score (nSPS) is 13.0. The van der Waals surface area contributed by atoms with Crippen molar-refractivity contribution in [3.8, 4) is 0 Å². The molecule has 1 aliphatic rings. The lowest BCUT2D eigenvalue weighted by Gasteiger charge is -2.14. The Balaban J connectivity index is 1.56. The Kier molecular flexibility index (Phi) is 6.15. The molecule has 0 aromatic heterocycles. The molecule has 3 aromatic carbocycles. The standard InChI is InChI=1S/C23H16ClN3O7S/c24-14-4-8-19(18(10-14)23(31)32)26-20(28)13-3-7-16-17(9-13)22(30)27(21(16)29)11-12-1-5-15(6-2-12)35(25,33)34/h1-10H,11H2,(H,26,28)(H,31,32)(H2,25,33,34). The van der Waals surface area contributed by atoms with Crippen LogP contribution in [0.25, 0.3) is 0 Å². The number of nitrogens with zero attached hydrogens (tertiary/aromatic N) is 1. The van der Waals surface area contributed by atoms with E-state index in [1.54, 1.807) is 0 Å². The summed E-state index contributed by atoms with van der Waals surface area (Å²) in [6, 6.07) is 13.3. The summed E-state index contributed by atoms with van der Waals surface area (Å²) >= 11 is 5.82. The molecular weight excluding hydrogens is 498 g/mol. The average molecular weight is 514 g/mol. The van der Waals surface area contributed by atoms with Crippen LogP contribution in [0.5, 0.6) is 0 Å². The van der Waals surface area contributed by atoms with Crippen molar-refractivity contribution in [2.75, 3.05) is 5.32 Å². The van der Waals surface area contributed by atoms with Gasteiger partial charge < -0.3 is 10.4 Å². The highest BCUT2D eigenvalue weighted by molar-refractivity contribution is 7.89. The number of carbonyl (C=O) groups is 4. The molecule has 0 saturated heterocycles. The van der Waals surface area contributed by atoms with E-state index in [4.69, 9.17) is 16.7 Å². The molecule has 4 N–H and O–H groups in total. The summed E-state index contributed by atoms with van der Waals surface area (Å²) < 4.78 is 22.8. The number of sulfonamides is 1. The van der Waals surface area contributed by atoms with E-state index in [2.05, 4.69) is 5.32 Å². The van der Waals surface area contributed by atoms with Crippen LogP contribution in [-0.4, -0.2) is 42.1 Å². The number of fused-ring (bicyclic) bond motifs is 1. The highest BCUT2D eigenvalue weighted by Gasteiger charge is 2.36. The fraction of sp³-hybridized carbons (Fsp3) is 0.0435. The zero-order valence-corrected chi connectivity index (χ0v) is 19.3. The molecule has 12 heteroatoms. The van der Waals surface area contributed by atoms with Crippen molar-refractivity contribution in [3.05, 3.63) is 93.5 Å². The van der Waals surface area contributed by atoms with Crippen LogP contribution >= 0.6 is 11.6 Å². The van der Waals surface area contributed by atoms with Gasteiger partial charge in [0.25, 0.3) is 17.7 Å². The number of carboxylic acids is 1. The zero-order valence-electron chi connectivity index (χ0n) is 17.7. The maximum absolute atomic E-state index is 12.9. The number of nitrogens with two attached hydrogens (primary N) is 1. The molecule has 4 rings (SSSR count). The number of imide groups is 1. The Morgan fingerprint density at radius 2 is 1.60 bits per heavy atom. The van der Waals surface area contributed by atoms with Gasteiger partial charge in [0.1, 0.15) is 0 Å². The minimum Gasteiger partial charge on any atom is -0.478 e. The molecule has 1 aliphatic heterocycles. The number of anilines is 1.